The van der Waals surface area contributed by atoms with E-state index in [1.807, 2.05) is 32.3 Å². The van der Waals surface area contributed by atoms with Gasteiger partial charge in [-0.15, -0.1) is 0 Å². The summed E-state index contributed by atoms with van der Waals surface area (Å²) in [4.78, 5) is 2.08. The molecule has 0 radical (unpaired) electrons. The second kappa shape index (κ2) is 6.50. The molecule has 0 atom stereocenters. The monoisotopic (exact) mass is 286 g/mol. The molecule has 0 unspecified atom stereocenters. The van der Waals surface area contributed by atoms with Crippen LogP contribution in [0, 0.1) is 0 Å². The van der Waals surface area contributed by atoms with Crippen LogP contribution in [0.5, 0.6) is 11.5 Å². The van der Waals surface area contributed by atoms with Crippen LogP contribution in [0.3, 0.4) is 0 Å². The predicted octanol–water partition coefficient (Wildman–Crippen LogP) is 2.90. The van der Waals surface area contributed by atoms with Gasteiger partial charge in [0.15, 0.2) is 11.5 Å². The van der Waals surface area contributed by atoms with Gasteiger partial charge in [-0.3, -0.25) is 0 Å². The molecule has 0 aromatic heterocycles. The van der Waals surface area contributed by atoms with Gasteiger partial charge in [0.25, 0.3) is 0 Å². The molecule has 0 saturated carbocycles. The molecule has 0 spiro atoms. The Labute approximate surface area is 126 Å². The lowest BCUT2D eigenvalue weighted by atomic mass is 9.99. The van der Waals surface area contributed by atoms with Crippen LogP contribution in [0.25, 0.3) is 11.1 Å². The molecule has 0 saturated heterocycles. The van der Waals surface area contributed by atoms with Crippen LogP contribution >= 0.6 is 0 Å². The van der Waals surface area contributed by atoms with E-state index in [4.69, 9.17) is 15.2 Å². The number of hydrogen-bond acceptors (Lipinski definition) is 4. The molecule has 4 nitrogen and oxygen atoms in total. The fraction of sp³-hybridized carbons (Fsp3) is 0.294. The number of anilines is 1. The Hall–Kier alpha value is -2.20. The molecule has 2 aromatic carbocycles. The Morgan fingerprint density at radius 2 is 1.71 bits per heavy atom. The Morgan fingerprint density at radius 3 is 2.29 bits per heavy atom. The first-order chi connectivity index (χ1) is 10.1. The number of ether oxygens (including phenoxy) is 2. The van der Waals surface area contributed by atoms with Crippen molar-refractivity contribution in [2.75, 3.05) is 33.2 Å². The summed E-state index contributed by atoms with van der Waals surface area (Å²) in [6, 6.07) is 12.2. The summed E-state index contributed by atoms with van der Waals surface area (Å²) < 4.78 is 11.0. The van der Waals surface area contributed by atoms with Crippen molar-refractivity contribution in [1.29, 1.82) is 0 Å². The number of rotatable bonds is 5. The van der Waals surface area contributed by atoms with Gasteiger partial charge in [0.05, 0.1) is 14.2 Å². The zero-order valence-corrected chi connectivity index (χ0v) is 13.0. The molecule has 0 aliphatic rings. The number of nitrogens with zero attached hydrogens (tertiary/aromatic N) is 1. The highest BCUT2D eigenvalue weighted by atomic mass is 16.5. The average Bonchev–Trinajstić information content (AvgIpc) is 2.53. The summed E-state index contributed by atoms with van der Waals surface area (Å²) in [5, 5.41) is 0. The fourth-order valence-corrected chi connectivity index (χ4v) is 2.43. The second-order valence-corrected chi connectivity index (χ2v) is 4.99. The van der Waals surface area contributed by atoms with Gasteiger partial charge in [-0.1, -0.05) is 18.2 Å². The smallest absolute Gasteiger partial charge is 0.168 e. The van der Waals surface area contributed by atoms with Crippen LogP contribution in [-0.4, -0.2) is 28.3 Å². The molecule has 0 aliphatic heterocycles. The third-order valence-corrected chi connectivity index (χ3v) is 3.45. The van der Waals surface area contributed by atoms with Crippen molar-refractivity contribution in [3.8, 4) is 22.6 Å². The molecule has 0 aliphatic carbocycles. The van der Waals surface area contributed by atoms with E-state index < -0.39 is 0 Å². The summed E-state index contributed by atoms with van der Waals surface area (Å²) in [5.74, 6) is 1.42. The minimum absolute atomic E-state index is 0.456. The number of hydrogen-bond donors (Lipinski definition) is 1. The largest absolute Gasteiger partial charge is 0.493 e. The van der Waals surface area contributed by atoms with Crippen LogP contribution in [0.2, 0.25) is 0 Å². The number of nitrogens with two attached hydrogens (primary N) is 1. The second-order valence-electron chi connectivity index (χ2n) is 4.99. The van der Waals surface area contributed by atoms with Gasteiger partial charge in [-0.25, -0.2) is 0 Å². The molecule has 2 aromatic rings. The highest BCUT2D eigenvalue weighted by Crippen LogP contribution is 2.42. The first kappa shape index (κ1) is 15.2. The molecule has 0 heterocycles. The highest BCUT2D eigenvalue weighted by molar-refractivity contribution is 5.84. The van der Waals surface area contributed by atoms with Crippen molar-refractivity contribution in [2.24, 2.45) is 5.73 Å². The molecule has 4 heteroatoms. The SMILES string of the molecule is COc1cc(CN)cc(-c2ccccc2N(C)C)c1OC. The standard InChI is InChI=1S/C17H22N2O2/c1-19(2)15-8-6-5-7-13(15)14-9-12(11-18)10-16(20-3)17(14)21-4/h5-10H,11,18H2,1-4H3. The van der Waals surface area contributed by atoms with Crippen molar-refractivity contribution in [2.45, 2.75) is 6.54 Å². The number of methoxy groups -OCH3 is 2. The minimum Gasteiger partial charge on any atom is -0.493 e. The quantitative estimate of drug-likeness (QED) is 0.918. The van der Waals surface area contributed by atoms with E-state index in [-0.39, 0.29) is 0 Å². The van der Waals surface area contributed by atoms with Crippen LogP contribution < -0.4 is 20.1 Å². The molecular weight excluding hydrogens is 264 g/mol. The maximum atomic E-state index is 5.80. The Balaban J connectivity index is 2.73. The van der Waals surface area contributed by atoms with E-state index in [1.165, 1.54) is 0 Å². The summed E-state index contributed by atoms with van der Waals surface area (Å²) >= 11 is 0. The van der Waals surface area contributed by atoms with Crippen LogP contribution in [0.1, 0.15) is 5.56 Å². The lowest BCUT2D eigenvalue weighted by molar-refractivity contribution is 0.355. The van der Waals surface area contributed by atoms with Crippen molar-refractivity contribution in [1.82, 2.24) is 0 Å². The normalized spacial score (nSPS) is 10.3. The maximum absolute atomic E-state index is 5.80. The van der Waals surface area contributed by atoms with E-state index in [0.717, 1.165) is 28.1 Å². The van der Waals surface area contributed by atoms with Gasteiger partial charge in [0.1, 0.15) is 0 Å². The Morgan fingerprint density at radius 1 is 1.00 bits per heavy atom. The van der Waals surface area contributed by atoms with E-state index in [9.17, 15) is 0 Å². The van der Waals surface area contributed by atoms with E-state index in [0.29, 0.717) is 12.3 Å². The third-order valence-electron chi connectivity index (χ3n) is 3.45. The molecule has 0 bridgehead atoms. The summed E-state index contributed by atoms with van der Waals surface area (Å²) in [6.45, 7) is 0.456. The average molecular weight is 286 g/mol. The van der Waals surface area contributed by atoms with Crippen LogP contribution in [0.4, 0.5) is 5.69 Å². The van der Waals surface area contributed by atoms with Crippen LogP contribution in [0.15, 0.2) is 36.4 Å². The van der Waals surface area contributed by atoms with Crippen molar-refractivity contribution >= 4 is 5.69 Å². The van der Waals surface area contributed by atoms with Gasteiger partial charge >= 0.3 is 0 Å². The van der Waals surface area contributed by atoms with E-state index in [2.05, 4.69) is 23.1 Å². The van der Waals surface area contributed by atoms with Crippen molar-refractivity contribution < 1.29 is 9.47 Å². The fourth-order valence-electron chi connectivity index (χ4n) is 2.43. The summed E-state index contributed by atoms with van der Waals surface area (Å²) in [7, 11) is 7.34. The molecule has 0 fully saturated rings. The molecule has 21 heavy (non-hydrogen) atoms. The molecule has 2 rings (SSSR count). The molecule has 2 N–H and O–H groups in total. The third kappa shape index (κ3) is 2.95. The van der Waals surface area contributed by atoms with Gasteiger partial charge in [-0.05, 0) is 23.8 Å². The van der Waals surface area contributed by atoms with Crippen molar-refractivity contribution in [3.05, 3.63) is 42.0 Å². The minimum atomic E-state index is 0.456. The Kier molecular flexibility index (Phi) is 4.70. The summed E-state index contributed by atoms with van der Waals surface area (Å²) in [6.07, 6.45) is 0. The van der Waals surface area contributed by atoms with Crippen LogP contribution in [-0.2, 0) is 6.54 Å². The zero-order chi connectivity index (χ0) is 15.4. The summed E-state index contributed by atoms with van der Waals surface area (Å²) in [5.41, 5.74) is 10.0. The molecule has 112 valence electrons. The zero-order valence-electron chi connectivity index (χ0n) is 13.0. The first-order valence-electron chi connectivity index (χ1n) is 6.84. The first-order valence-corrected chi connectivity index (χ1v) is 6.84. The Bertz CT molecular complexity index is 624. The topological polar surface area (TPSA) is 47.7 Å². The van der Waals surface area contributed by atoms with Gasteiger partial charge in [0, 0.05) is 37.5 Å². The maximum Gasteiger partial charge on any atom is 0.168 e. The lowest BCUT2D eigenvalue weighted by Crippen LogP contribution is -2.10. The predicted molar refractivity (Wildman–Crippen MR) is 87.2 cm³/mol. The van der Waals surface area contributed by atoms with Gasteiger partial charge in [0.2, 0.25) is 0 Å². The van der Waals surface area contributed by atoms with E-state index in [1.54, 1.807) is 14.2 Å². The van der Waals surface area contributed by atoms with E-state index >= 15 is 0 Å². The molecule has 0 amide bonds. The lowest BCUT2D eigenvalue weighted by Gasteiger charge is -2.20. The van der Waals surface area contributed by atoms with Crippen molar-refractivity contribution in [3.63, 3.8) is 0 Å². The molecular formula is C17H22N2O2. The number of benzene rings is 2. The number of para-hydroxylation sites is 1. The highest BCUT2D eigenvalue weighted by Gasteiger charge is 2.16. The van der Waals surface area contributed by atoms with Gasteiger partial charge < -0.3 is 20.1 Å². The van der Waals surface area contributed by atoms with Gasteiger partial charge in [-0.2, -0.15) is 0 Å².